The zero-order valence-electron chi connectivity index (χ0n) is 9.68. The Morgan fingerprint density at radius 2 is 1.79 bits per heavy atom. The summed E-state index contributed by atoms with van der Waals surface area (Å²) in [6.45, 7) is 4.57. The van der Waals surface area contributed by atoms with Crippen LogP contribution in [0.15, 0.2) is 0 Å². The molecule has 0 aromatic heterocycles. The van der Waals surface area contributed by atoms with E-state index in [2.05, 4.69) is 13.8 Å². The van der Waals surface area contributed by atoms with Crippen LogP contribution in [0.25, 0.3) is 0 Å². The molecular formula is C12H24OTe. The summed E-state index contributed by atoms with van der Waals surface area (Å²) in [5.74, 6) is 0. The second-order valence-electron chi connectivity index (χ2n) is 4.40. The van der Waals surface area contributed by atoms with E-state index in [4.69, 9.17) is 3.10 Å². The molecule has 0 aliphatic carbocycles. The quantitative estimate of drug-likeness (QED) is 0.675. The number of unbranched alkanes of at least 4 members (excludes halogenated alkanes) is 2. The Balaban J connectivity index is 2.39. The summed E-state index contributed by atoms with van der Waals surface area (Å²) in [4.78, 5) is 0. The van der Waals surface area contributed by atoms with Gasteiger partial charge in [-0.05, 0) is 0 Å². The van der Waals surface area contributed by atoms with E-state index < -0.39 is 0 Å². The van der Waals surface area contributed by atoms with Crippen LogP contribution in [-0.4, -0.2) is 26.9 Å². The fraction of sp³-hybridized carbons (Fsp3) is 1.00. The first-order chi connectivity index (χ1) is 6.83. The Morgan fingerprint density at radius 3 is 2.21 bits per heavy atom. The van der Waals surface area contributed by atoms with Crippen molar-refractivity contribution in [2.45, 2.75) is 75.3 Å². The molecule has 0 aromatic rings. The minimum absolute atomic E-state index is 0.0774. The van der Waals surface area contributed by atoms with Crippen molar-refractivity contribution in [2.75, 3.05) is 0 Å². The number of hydrogen-bond donors (Lipinski definition) is 0. The van der Waals surface area contributed by atoms with Crippen LogP contribution in [0.2, 0.25) is 4.47 Å². The van der Waals surface area contributed by atoms with E-state index in [1.165, 1.54) is 55.8 Å². The Bertz CT molecular complexity index is 131. The van der Waals surface area contributed by atoms with Gasteiger partial charge in [-0.3, -0.25) is 0 Å². The molecule has 2 heteroatoms. The fourth-order valence-electron chi connectivity index (χ4n) is 2.12. The van der Waals surface area contributed by atoms with Crippen molar-refractivity contribution in [3.8, 4) is 0 Å². The molecule has 84 valence electrons. The van der Waals surface area contributed by atoms with Gasteiger partial charge >= 0.3 is 99.7 Å². The molecule has 0 unspecified atom stereocenters. The standard InChI is InChI=1S/C12H24OTe/c1-3-5-8-12(9-6-4-2)10-7-11-14-13-12/h3-11H2,1-2H3. The van der Waals surface area contributed by atoms with Gasteiger partial charge in [0.25, 0.3) is 0 Å². The van der Waals surface area contributed by atoms with Crippen LogP contribution >= 0.6 is 0 Å². The molecule has 1 rings (SSSR count). The van der Waals surface area contributed by atoms with Gasteiger partial charge in [-0.1, -0.05) is 0 Å². The van der Waals surface area contributed by atoms with E-state index in [-0.39, 0.29) is 21.3 Å². The van der Waals surface area contributed by atoms with Crippen molar-refractivity contribution in [1.29, 1.82) is 0 Å². The first-order valence-electron chi connectivity index (χ1n) is 6.13. The third-order valence-corrected chi connectivity index (χ3v) is 5.71. The maximum atomic E-state index is 6.20. The van der Waals surface area contributed by atoms with Gasteiger partial charge in [0.05, 0.1) is 0 Å². The third-order valence-electron chi connectivity index (χ3n) is 3.07. The topological polar surface area (TPSA) is 9.23 Å². The van der Waals surface area contributed by atoms with Crippen LogP contribution in [0.4, 0.5) is 0 Å². The van der Waals surface area contributed by atoms with Crippen molar-refractivity contribution >= 4 is 21.3 Å². The monoisotopic (exact) mass is 314 g/mol. The molecule has 0 saturated carbocycles. The molecule has 1 aliphatic heterocycles. The Morgan fingerprint density at radius 1 is 1.14 bits per heavy atom. The molecule has 0 aromatic carbocycles. The Labute approximate surface area is 99.6 Å². The summed E-state index contributed by atoms with van der Waals surface area (Å²) in [7, 11) is 0. The van der Waals surface area contributed by atoms with E-state index in [1.807, 2.05) is 0 Å². The van der Waals surface area contributed by atoms with Crippen molar-refractivity contribution in [3.05, 3.63) is 0 Å². The summed E-state index contributed by atoms with van der Waals surface area (Å²) in [6.07, 6.45) is 10.8. The zero-order valence-corrected chi connectivity index (χ0v) is 12.0. The number of hydrogen-bond acceptors (Lipinski definition) is 1. The first kappa shape index (κ1) is 12.8. The molecule has 14 heavy (non-hydrogen) atoms. The molecule has 1 heterocycles. The summed E-state index contributed by atoms with van der Waals surface area (Å²) < 4.78 is 7.61. The summed E-state index contributed by atoms with van der Waals surface area (Å²) in [5.41, 5.74) is 0.340. The van der Waals surface area contributed by atoms with Crippen molar-refractivity contribution in [3.63, 3.8) is 0 Å². The molecule has 1 fully saturated rings. The van der Waals surface area contributed by atoms with Gasteiger partial charge in [0.15, 0.2) is 0 Å². The molecule has 0 radical (unpaired) electrons. The molecule has 0 N–H and O–H groups in total. The SMILES string of the molecule is CCCCC1(CCCC)CCC[Te]O1. The van der Waals surface area contributed by atoms with Gasteiger partial charge in [0, 0.05) is 0 Å². The van der Waals surface area contributed by atoms with E-state index in [1.54, 1.807) is 0 Å². The summed E-state index contributed by atoms with van der Waals surface area (Å²) >= 11 is -0.0774. The van der Waals surface area contributed by atoms with Crippen molar-refractivity contribution in [2.24, 2.45) is 0 Å². The van der Waals surface area contributed by atoms with Crippen LogP contribution in [0.1, 0.15) is 65.2 Å². The van der Waals surface area contributed by atoms with Gasteiger partial charge < -0.3 is 0 Å². The van der Waals surface area contributed by atoms with E-state index in [0.29, 0.717) is 5.60 Å². The predicted molar refractivity (Wildman–Crippen MR) is 62.7 cm³/mol. The average molecular weight is 312 g/mol. The zero-order chi connectivity index (χ0) is 10.3. The van der Waals surface area contributed by atoms with Crippen LogP contribution < -0.4 is 0 Å². The number of rotatable bonds is 6. The molecule has 0 atom stereocenters. The van der Waals surface area contributed by atoms with Gasteiger partial charge in [0.1, 0.15) is 0 Å². The summed E-state index contributed by atoms with van der Waals surface area (Å²) in [6, 6.07) is 0. The van der Waals surface area contributed by atoms with Gasteiger partial charge in [0.2, 0.25) is 0 Å². The second kappa shape index (κ2) is 7.09. The molecule has 0 bridgehead atoms. The Hall–Kier alpha value is 0.750. The van der Waals surface area contributed by atoms with E-state index >= 15 is 0 Å². The molecule has 1 nitrogen and oxygen atoms in total. The second-order valence-corrected chi connectivity index (χ2v) is 6.71. The normalized spacial score (nSPS) is 21.0. The molecular weight excluding hydrogens is 288 g/mol. The van der Waals surface area contributed by atoms with Crippen molar-refractivity contribution < 1.29 is 3.10 Å². The fourth-order valence-corrected chi connectivity index (χ4v) is 4.53. The van der Waals surface area contributed by atoms with Gasteiger partial charge in [-0.15, -0.1) is 0 Å². The average Bonchev–Trinajstić information content (AvgIpc) is 2.25. The van der Waals surface area contributed by atoms with E-state index in [0.717, 1.165) is 0 Å². The van der Waals surface area contributed by atoms with Gasteiger partial charge in [-0.2, -0.15) is 0 Å². The third kappa shape index (κ3) is 4.09. The van der Waals surface area contributed by atoms with Crippen LogP contribution in [-0.2, 0) is 3.10 Å². The first-order valence-corrected chi connectivity index (χ1v) is 8.73. The maximum absolute atomic E-state index is 6.20. The van der Waals surface area contributed by atoms with Crippen molar-refractivity contribution in [1.82, 2.24) is 0 Å². The minimum atomic E-state index is -0.0774. The molecule has 0 amide bonds. The van der Waals surface area contributed by atoms with Gasteiger partial charge in [-0.25, -0.2) is 0 Å². The summed E-state index contributed by atoms with van der Waals surface area (Å²) in [5, 5.41) is 0. The molecule has 0 spiro atoms. The van der Waals surface area contributed by atoms with E-state index in [9.17, 15) is 0 Å². The molecule has 1 saturated heterocycles. The van der Waals surface area contributed by atoms with Crippen LogP contribution in [0, 0.1) is 0 Å². The molecule has 1 aliphatic rings. The predicted octanol–water partition coefficient (Wildman–Crippen LogP) is 3.95. The van der Waals surface area contributed by atoms with Crippen LogP contribution in [0.5, 0.6) is 0 Å². The Kier molecular flexibility index (Phi) is 6.49. The van der Waals surface area contributed by atoms with Crippen LogP contribution in [0.3, 0.4) is 0 Å².